The number of nitrogens with one attached hydrogen (secondary N) is 1. The van der Waals surface area contributed by atoms with Crippen molar-refractivity contribution in [3.05, 3.63) is 17.6 Å². The van der Waals surface area contributed by atoms with Gasteiger partial charge in [0.2, 0.25) is 10.0 Å². The summed E-state index contributed by atoms with van der Waals surface area (Å²) < 4.78 is 26.0. The van der Waals surface area contributed by atoms with Gasteiger partial charge >= 0.3 is 0 Å². The lowest BCUT2D eigenvalue weighted by atomic mass is 10.1. The van der Waals surface area contributed by atoms with Crippen LogP contribution >= 0.6 is 0 Å². The van der Waals surface area contributed by atoms with Gasteiger partial charge in [0.1, 0.15) is 11.6 Å². The van der Waals surface area contributed by atoms with Crippen molar-refractivity contribution in [3.8, 4) is 0 Å². The number of hydrogen-bond donors (Lipinski definition) is 1. The van der Waals surface area contributed by atoms with E-state index in [9.17, 15) is 8.42 Å². The Labute approximate surface area is 152 Å². The summed E-state index contributed by atoms with van der Waals surface area (Å²) in [6, 6.07) is 2.28. The fourth-order valence-corrected chi connectivity index (χ4v) is 4.53. The molecule has 1 aromatic heterocycles. The Hall–Kier alpha value is -1.21. The van der Waals surface area contributed by atoms with E-state index in [0.29, 0.717) is 25.4 Å². The van der Waals surface area contributed by atoms with E-state index >= 15 is 0 Å². The van der Waals surface area contributed by atoms with Gasteiger partial charge in [-0.3, -0.25) is 0 Å². The number of sulfonamides is 1. The molecule has 1 aliphatic heterocycles. The summed E-state index contributed by atoms with van der Waals surface area (Å²) in [6.07, 6.45) is 2.28. The first-order chi connectivity index (χ1) is 11.7. The van der Waals surface area contributed by atoms with E-state index in [0.717, 1.165) is 30.2 Å². The van der Waals surface area contributed by atoms with Gasteiger partial charge in [0, 0.05) is 36.8 Å². The zero-order valence-electron chi connectivity index (χ0n) is 16.1. The lowest BCUT2D eigenvalue weighted by Gasteiger charge is -2.32. The summed E-state index contributed by atoms with van der Waals surface area (Å²) in [5, 5.41) is 3.50. The molecule has 0 aromatic carbocycles. The van der Waals surface area contributed by atoms with Crippen LogP contribution in [-0.4, -0.2) is 47.6 Å². The Kier molecular flexibility index (Phi) is 6.79. The maximum absolute atomic E-state index is 12.2. The van der Waals surface area contributed by atoms with Gasteiger partial charge in [-0.15, -0.1) is 0 Å². The lowest BCUT2D eigenvalue weighted by Crippen LogP contribution is -2.43. The average molecular weight is 369 g/mol. The lowest BCUT2D eigenvalue weighted by molar-refractivity contribution is 0.329. The quantitative estimate of drug-likeness (QED) is 0.799. The second kappa shape index (κ2) is 8.45. The summed E-state index contributed by atoms with van der Waals surface area (Å²) in [5.41, 5.74) is 1.05. The Morgan fingerprint density at radius 2 is 1.80 bits per heavy atom. The molecule has 0 atom stereocenters. The smallest absolute Gasteiger partial charge is 0.214 e. The fourth-order valence-electron chi connectivity index (χ4n) is 2.99. The molecule has 6 nitrogen and oxygen atoms in total. The van der Waals surface area contributed by atoms with Crippen LogP contribution in [0.3, 0.4) is 0 Å². The number of aromatic nitrogens is 2. The predicted molar refractivity (Wildman–Crippen MR) is 103 cm³/mol. The van der Waals surface area contributed by atoms with E-state index in [1.807, 2.05) is 13.0 Å². The largest absolute Gasteiger partial charge is 0.367 e. The molecule has 1 aromatic rings. The maximum Gasteiger partial charge on any atom is 0.214 e. The van der Waals surface area contributed by atoms with E-state index in [1.165, 1.54) is 0 Å². The number of piperidine rings is 1. The van der Waals surface area contributed by atoms with Crippen molar-refractivity contribution in [1.29, 1.82) is 0 Å². The Bertz CT molecular complexity index is 639. The Morgan fingerprint density at radius 1 is 1.16 bits per heavy atom. The molecular weight excluding hydrogens is 336 g/mol. The molecule has 1 aliphatic rings. The molecule has 0 radical (unpaired) electrons. The van der Waals surface area contributed by atoms with Crippen molar-refractivity contribution < 1.29 is 8.42 Å². The van der Waals surface area contributed by atoms with Crippen molar-refractivity contribution in [2.45, 2.75) is 71.8 Å². The third kappa shape index (κ3) is 5.38. The number of nitrogens with zero attached hydrogens (tertiary/aromatic N) is 3. The molecule has 7 heteroatoms. The number of hydrogen-bond acceptors (Lipinski definition) is 5. The minimum Gasteiger partial charge on any atom is -0.367 e. The van der Waals surface area contributed by atoms with Crippen LogP contribution in [0, 0.1) is 0 Å². The molecule has 25 heavy (non-hydrogen) atoms. The minimum absolute atomic E-state index is 0.243. The van der Waals surface area contributed by atoms with Gasteiger partial charge in [0.25, 0.3) is 0 Å². The second-order valence-electron chi connectivity index (χ2n) is 7.48. The zero-order chi connectivity index (χ0) is 18.6. The van der Waals surface area contributed by atoms with E-state index in [1.54, 1.807) is 4.31 Å². The molecule has 0 bridgehead atoms. The van der Waals surface area contributed by atoms with Crippen molar-refractivity contribution in [1.82, 2.24) is 14.3 Å². The maximum atomic E-state index is 12.2. The van der Waals surface area contributed by atoms with Crippen LogP contribution in [0.15, 0.2) is 6.07 Å². The molecule has 0 unspecified atom stereocenters. The minimum atomic E-state index is -3.09. The molecule has 2 rings (SSSR count). The van der Waals surface area contributed by atoms with Crippen LogP contribution in [0.1, 0.15) is 77.2 Å². The van der Waals surface area contributed by atoms with E-state index < -0.39 is 10.0 Å². The fraction of sp³-hybridized carbons (Fsp3) is 0.778. The van der Waals surface area contributed by atoms with Gasteiger partial charge in [-0.05, 0) is 25.2 Å². The summed E-state index contributed by atoms with van der Waals surface area (Å²) >= 11 is 0. The first kappa shape index (κ1) is 20.1. The third-order valence-corrected chi connectivity index (χ3v) is 6.61. The topological polar surface area (TPSA) is 75.2 Å². The van der Waals surface area contributed by atoms with Gasteiger partial charge in [0.05, 0.1) is 5.75 Å². The van der Waals surface area contributed by atoms with Gasteiger partial charge in [-0.2, -0.15) is 0 Å². The highest BCUT2D eigenvalue weighted by Crippen LogP contribution is 2.22. The van der Waals surface area contributed by atoms with Gasteiger partial charge in [0.15, 0.2) is 0 Å². The first-order valence-corrected chi connectivity index (χ1v) is 11.0. The third-order valence-electron chi connectivity index (χ3n) is 4.53. The first-order valence-electron chi connectivity index (χ1n) is 9.36. The molecule has 1 fully saturated rings. The normalized spacial score (nSPS) is 17.4. The van der Waals surface area contributed by atoms with Gasteiger partial charge in [-0.1, -0.05) is 34.6 Å². The molecule has 0 saturated carbocycles. The second-order valence-corrected chi connectivity index (χ2v) is 9.57. The van der Waals surface area contributed by atoms with Crippen molar-refractivity contribution in [3.63, 3.8) is 0 Å². The summed E-state index contributed by atoms with van der Waals surface area (Å²) in [7, 11) is -3.09. The highest BCUT2D eigenvalue weighted by atomic mass is 32.2. The van der Waals surface area contributed by atoms with Gasteiger partial charge < -0.3 is 5.32 Å². The molecule has 142 valence electrons. The standard InChI is InChI=1S/C18H32N4O2S/c1-6-11-25(23,24)22-9-7-15(8-10-22)19-17-12-16(13(2)3)20-18(21-17)14(4)5/h12-15H,6-11H2,1-5H3,(H,19,20,21). The summed E-state index contributed by atoms with van der Waals surface area (Å²) in [6.45, 7) is 11.5. The number of anilines is 1. The molecule has 1 N–H and O–H groups in total. The van der Waals surface area contributed by atoms with Crippen LogP contribution in [0.25, 0.3) is 0 Å². The van der Waals surface area contributed by atoms with E-state index in [4.69, 9.17) is 0 Å². The average Bonchev–Trinajstić information content (AvgIpc) is 2.55. The van der Waals surface area contributed by atoms with Crippen LogP contribution in [0.2, 0.25) is 0 Å². The van der Waals surface area contributed by atoms with Crippen LogP contribution in [-0.2, 0) is 10.0 Å². The Balaban J connectivity index is 2.04. The number of rotatable bonds is 7. The monoisotopic (exact) mass is 368 g/mol. The zero-order valence-corrected chi connectivity index (χ0v) is 16.9. The van der Waals surface area contributed by atoms with Crippen LogP contribution < -0.4 is 5.32 Å². The SMILES string of the molecule is CCCS(=O)(=O)N1CCC(Nc2cc(C(C)C)nc(C(C)C)n2)CC1. The highest BCUT2D eigenvalue weighted by Gasteiger charge is 2.27. The van der Waals surface area contributed by atoms with Crippen LogP contribution in [0.4, 0.5) is 5.82 Å². The summed E-state index contributed by atoms with van der Waals surface area (Å²) in [4.78, 5) is 9.30. The Morgan fingerprint density at radius 3 is 2.32 bits per heavy atom. The van der Waals surface area contributed by atoms with Crippen molar-refractivity contribution in [2.24, 2.45) is 0 Å². The van der Waals surface area contributed by atoms with Crippen molar-refractivity contribution in [2.75, 3.05) is 24.2 Å². The molecular formula is C18H32N4O2S. The summed E-state index contributed by atoms with van der Waals surface area (Å²) in [5.74, 6) is 2.59. The van der Waals surface area contributed by atoms with Crippen molar-refractivity contribution >= 4 is 15.8 Å². The predicted octanol–water partition coefficient (Wildman–Crippen LogP) is 3.34. The van der Waals surface area contributed by atoms with Gasteiger partial charge in [-0.25, -0.2) is 22.7 Å². The molecule has 0 aliphatic carbocycles. The van der Waals surface area contributed by atoms with E-state index in [2.05, 4.69) is 43.0 Å². The molecule has 1 saturated heterocycles. The van der Waals surface area contributed by atoms with Crippen LogP contribution in [0.5, 0.6) is 0 Å². The molecule has 0 spiro atoms. The highest BCUT2D eigenvalue weighted by molar-refractivity contribution is 7.89. The molecule has 2 heterocycles. The van der Waals surface area contributed by atoms with E-state index in [-0.39, 0.29) is 17.7 Å². The molecule has 0 amide bonds.